The summed E-state index contributed by atoms with van der Waals surface area (Å²) >= 11 is 5.96. The Morgan fingerprint density at radius 2 is 1.80 bits per heavy atom. The zero-order valence-corrected chi connectivity index (χ0v) is 14.7. The fourth-order valence-electron chi connectivity index (χ4n) is 1.92. The van der Waals surface area contributed by atoms with Gasteiger partial charge in [0.15, 0.2) is 0 Å². The number of aliphatic hydroxyl groups is 1. The SMILES string of the molecule is O=C(/C=C/c1ccc(S(=O)(=O)Nc2ccccc2Cl)cc1)NCCO. The highest BCUT2D eigenvalue weighted by atomic mass is 35.5. The van der Waals surface area contributed by atoms with E-state index in [9.17, 15) is 13.2 Å². The van der Waals surface area contributed by atoms with E-state index >= 15 is 0 Å². The van der Waals surface area contributed by atoms with Crippen LogP contribution in [0.5, 0.6) is 0 Å². The summed E-state index contributed by atoms with van der Waals surface area (Å²) in [6.07, 6.45) is 2.85. The maximum absolute atomic E-state index is 12.4. The van der Waals surface area contributed by atoms with Gasteiger partial charge < -0.3 is 10.4 Å². The molecule has 0 heterocycles. The number of benzene rings is 2. The van der Waals surface area contributed by atoms with E-state index < -0.39 is 10.0 Å². The number of halogens is 1. The fourth-order valence-corrected chi connectivity index (χ4v) is 3.23. The summed E-state index contributed by atoms with van der Waals surface area (Å²) in [7, 11) is -3.76. The number of nitrogens with one attached hydrogen (secondary N) is 2. The maximum Gasteiger partial charge on any atom is 0.261 e. The van der Waals surface area contributed by atoms with Gasteiger partial charge >= 0.3 is 0 Å². The summed E-state index contributed by atoms with van der Waals surface area (Å²) in [5.74, 6) is -0.342. The lowest BCUT2D eigenvalue weighted by molar-refractivity contribution is -0.116. The minimum atomic E-state index is -3.76. The lowest BCUT2D eigenvalue weighted by Crippen LogP contribution is -2.24. The third-order valence-electron chi connectivity index (χ3n) is 3.15. The van der Waals surface area contributed by atoms with Crippen molar-refractivity contribution in [3.05, 3.63) is 65.2 Å². The molecule has 2 aromatic rings. The molecule has 2 rings (SSSR count). The van der Waals surface area contributed by atoms with E-state index in [1.807, 2.05) is 0 Å². The summed E-state index contributed by atoms with van der Waals surface area (Å²) in [4.78, 5) is 11.5. The molecule has 0 aromatic heterocycles. The maximum atomic E-state index is 12.4. The zero-order valence-electron chi connectivity index (χ0n) is 13.1. The average molecular weight is 381 g/mol. The first-order chi connectivity index (χ1) is 11.9. The highest BCUT2D eigenvalue weighted by molar-refractivity contribution is 7.92. The van der Waals surface area contributed by atoms with Gasteiger partial charge in [-0.2, -0.15) is 0 Å². The normalized spacial score (nSPS) is 11.4. The van der Waals surface area contributed by atoms with Crippen LogP contribution >= 0.6 is 11.6 Å². The molecule has 0 saturated heterocycles. The van der Waals surface area contributed by atoms with Crippen LogP contribution in [-0.4, -0.2) is 32.6 Å². The van der Waals surface area contributed by atoms with Crippen LogP contribution in [0.25, 0.3) is 6.08 Å². The van der Waals surface area contributed by atoms with Crippen molar-refractivity contribution >= 4 is 39.3 Å². The fraction of sp³-hybridized carbons (Fsp3) is 0.118. The molecule has 0 fully saturated rings. The summed E-state index contributed by atoms with van der Waals surface area (Å²) in [6, 6.07) is 12.6. The number of hydrogen-bond donors (Lipinski definition) is 3. The molecule has 0 unspecified atom stereocenters. The molecule has 8 heteroatoms. The molecule has 2 aromatic carbocycles. The van der Waals surface area contributed by atoms with Gasteiger partial charge in [-0.3, -0.25) is 9.52 Å². The number of para-hydroxylation sites is 1. The molecular formula is C17H17ClN2O4S. The number of amides is 1. The lowest BCUT2D eigenvalue weighted by atomic mass is 10.2. The topological polar surface area (TPSA) is 95.5 Å². The van der Waals surface area contributed by atoms with Gasteiger partial charge in [0.05, 0.1) is 22.2 Å². The smallest absolute Gasteiger partial charge is 0.261 e. The van der Waals surface area contributed by atoms with E-state index in [4.69, 9.17) is 16.7 Å². The van der Waals surface area contributed by atoms with E-state index in [-0.39, 0.29) is 24.0 Å². The van der Waals surface area contributed by atoms with Crippen molar-refractivity contribution in [2.45, 2.75) is 4.90 Å². The predicted molar refractivity (Wildman–Crippen MR) is 97.8 cm³/mol. The number of rotatable bonds is 7. The average Bonchev–Trinajstić information content (AvgIpc) is 2.60. The first kappa shape index (κ1) is 19.0. The number of carbonyl (C=O) groups is 1. The highest BCUT2D eigenvalue weighted by Crippen LogP contribution is 2.24. The van der Waals surface area contributed by atoms with Crippen LogP contribution in [-0.2, 0) is 14.8 Å². The summed E-state index contributed by atoms with van der Waals surface area (Å²) < 4.78 is 27.2. The molecule has 25 heavy (non-hydrogen) atoms. The molecule has 0 spiro atoms. The van der Waals surface area contributed by atoms with Crippen LogP contribution in [0, 0.1) is 0 Å². The monoisotopic (exact) mass is 380 g/mol. The number of anilines is 1. The van der Waals surface area contributed by atoms with Crippen molar-refractivity contribution in [3.8, 4) is 0 Å². The van der Waals surface area contributed by atoms with E-state index in [0.717, 1.165) is 0 Å². The minimum absolute atomic E-state index is 0.0781. The van der Waals surface area contributed by atoms with Crippen LogP contribution in [0.3, 0.4) is 0 Å². The van der Waals surface area contributed by atoms with E-state index in [2.05, 4.69) is 10.0 Å². The van der Waals surface area contributed by atoms with Crippen LogP contribution in [0.15, 0.2) is 59.5 Å². The summed E-state index contributed by atoms with van der Waals surface area (Å²) in [5.41, 5.74) is 0.963. The van der Waals surface area contributed by atoms with Crippen molar-refractivity contribution in [1.82, 2.24) is 5.32 Å². The van der Waals surface area contributed by atoms with Gasteiger partial charge in [-0.25, -0.2) is 8.42 Å². The Morgan fingerprint density at radius 3 is 2.44 bits per heavy atom. The van der Waals surface area contributed by atoms with Crippen molar-refractivity contribution < 1.29 is 18.3 Å². The second kappa shape index (κ2) is 8.66. The molecule has 0 aliphatic rings. The molecule has 0 saturated carbocycles. The molecule has 0 aliphatic carbocycles. The Kier molecular flexibility index (Phi) is 6.58. The van der Waals surface area contributed by atoms with Gasteiger partial charge in [-0.1, -0.05) is 35.9 Å². The van der Waals surface area contributed by atoms with E-state index in [0.29, 0.717) is 16.3 Å². The molecule has 3 N–H and O–H groups in total. The van der Waals surface area contributed by atoms with Gasteiger partial charge in [0, 0.05) is 12.6 Å². The Balaban J connectivity index is 2.09. The van der Waals surface area contributed by atoms with Gasteiger partial charge in [0.25, 0.3) is 10.0 Å². The number of carbonyl (C=O) groups excluding carboxylic acids is 1. The Bertz CT molecular complexity index is 864. The molecule has 0 bridgehead atoms. The second-order valence-corrected chi connectivity index (χ2v) is 7.09. The van der Waals surface area contributed by atoms with Crippen molar-refractivity contribution in [1.29, 1.82) is 0 Å². The first-order valence-corrected chi connectivity index (χ1v) is 9.22. The van der Waals surface area contributed by atoms with Crippen molar-refractivity contribution in [2.75, 3.05) is 17.9 Å². The predicted octanol–water partition coefficient (Wildman–Crippen LogP) is 2.26. The molecule has 132 valence electrons. The Hall–Kier alpha value is -2.35. The van der Waals surface area contributed by atoms with Gasteiger partial charge in [-0.05, 0) is 35.9 Å². The van der Waals surface area contributed by atoms with Gasteiger partial charge in [-0.15, -0.1) is 0 Å². The quantitative estimate of drug-likeness (QED) is 0.642. The Morgan fingerprint density at radius 1 is 1.12 bits per heavy atom. The largest absolute Gasteiger partial charge is 0.395 e. The number of aliphatic hydroxyl groups excluding tert-OH is 1. The van der Waals surface area contributed by atoms with Crippen LogP contribution in [0.2, 0.25) is 5.02 Å². The number of hydrogen-bond acceptors (Lipinski definition) is 4. The highest BCUT2D eigenvalue weighted by Gasteiger charge is 2.15. The van der Waals surface area contributed by atoms with Crippen LogP contribution in [0.4, 0.5) is 5.69 Å². The molecule has 6 nitrogen and oxygen atoms in total. The van der Waals surface area contributed by atoms with E-state index in [1.54, 1.807) is 42.5 Å². The number of sulfonamides is 1. The standard InChI is InChI=1S/C17H17ClN2O4S/c18-15-3-1-2-4-16(15)20-25(23,24)14-8-5-13(6-9-14)7-10-17(22)19-11-12-21/h1-10,20-21H,11-12H2,(H,19,22)/b10-7+. The molecule has 0 atom stereocenters. The van der Waals surface area contributed by atoms with Crippen LogP contribution in [0.1, 0.15) is 5.56 Å². The third-order valence-corrected chi connectivity index (χ3v) is 4.86. The Labute approximate surface area is 151 Å². The van der Waals surface area contributed by atoms with Gasteiger partial charge in [0.2, 0.25) is 5.91 Å². The van der Waals surface area contributed by atoms with Crippen molar-refractivity contribution in [3.63, 3.8) is 0 Å². The second-order valence-electron chi connectivity index (χ2n) is 5.00. The first-order valence-electron chi connectivity index (χ1n) is 7.36. The lowest BCUT2D eigenvalue weighted by Gasteiger charge is -2.09. The molecule has 0 radical (unpaired) electrons. The summed E-state index contributed by atoms with van der Waals surface area (Å²) in [5, 5.41) is 11.4. The molecule has 0 aliphatic heterocycles. The third kappa shape index (κ3) is 5.60. The zero-order chi connectivity index (χ0) is 18.3. The summed E-state index contributed by atoms with van der Waals surface area (Å²) in [6.45, 7) is 0.0403. The van der Waals surface area contributed by atoms with Crippen LogP contribution < -0.4 is 10.0 Å². The van der Waals surface area contributed by atoms with E-state index in [1.165, 1.54) is 18.2 Å². The van der Waals surface area contributed by atoms with Crippen molar-refractivity contribution in [2.24, 2.45) is 0 Å². The molecular weight excluding hydrogens is 364 g/mol. The minimum Gasteiger partial charge on any atom is -0.395 e. The van der Waals surface area contributed by atoms with Gasteiger partial charge in [0.1, 0.15) is 0 Å². The molecule has 1 amide bonds.